The van der Waals surface area contributed by atoms with E-state index in [-0.39, 0.29) is 41.8 Å². The number of hydrogen-bond donors (Lipinski definition) is 8. The molecular formula is C37H56O16. The van der Waals surface area contributed by atoms with E-state index in [9.17, 15) is 50.4 Å². The maximum atomic E-state index is 12.8. The molecule has 0 amide bonds. The number of carbonyl (C=O) groups excluding carboxylic acids is 2. The molecule has 0 bridgehead atoms. The van der Waals surface area contributed by atoms with Crippen LogP contribution in [0.25, 0.3) is 0 Å². The number of carbonyl (C=O) groups is 2. The molecule has 0 aromatic carbocycles. The lowest BCUT2D eigenvalue weighted by molar-refractivity contribution is -0.338. The van der Waals surface area contributed by atoms with Gasteiger partial charge in [0.1, 0.15) is 61.5 Å². The molecular weight excluding hydrogens is 700 g/mol. The Bertz CT molecular complexity index is 1410. The Morgan fingerprint density at radius 3 is 2.21 bits per heavy atom. The minimum atomic E-state index is -1.67. The van der Waals surface area contributed by atoms with E-state index < -0.39 is 104 Å². The first kappa shape index (κ1) is 39.4. The first-order valence-corrected chi connectivity index (χ1v) is 19.1. The van der Waals surface area contributed by atoms with Crippen LogP contribution >= 0.6 is 0 Å². The van der Waals surface area contributed by atoms with Gasteiger partial charge in [-0.2, -0.15) is 0 Å². The summed E-state index contributed by atoms with van der Waals surface area (Å²) in [6, 6.07) is 0. The minimum absolute atomic E-state index is 0.0498. The van der Waals surface area contributed by atoms with Crippen molar-refractivity contribution >= 4 is 11.9 Å². The molecule has 0 spiro atoms. The van der Waals surface area contributed by atoms with E-state index >= 15 is 0 Å². The maximum Gasteiger partial charge on any atom is 0.331 e. The van der Waals surface area contributed by atoms with Crippen LogP contribution in [-0.2, 0) is 38.0 Å². The summed E-state index contributed by atoms with van der Waals surface area (Å²) >= 11 is 0. The van der Waals surface area contributed by atoms with Crippen molar-refractivity contribution in [2.45, 2.75) is 151 Å². The third-order valence-corrected chi connectivity index (χ3v) is 14.5. The van der Waals surface area contributed by atoms with Crippen LogP contribution in [0.3, 0.4) is 0 Å². The predicted octanol–water partition coefficient (Wildman–Crippen LogP) is -1.21. The lowest BCUT2D eigenvalue weighted by Crippen LogP contribution is -2.63. The first-order valence-electron chi connectivity index (χ1n) is 19.1. The normalized spacial score (nSPS) is 52.5. The van der Waals surface area contributed by atoms with E-state index in [4.69, 9.17) is 28.4 Å². The van der Waals surface area contributed by atoms with Crippen molar-refractivity contribution in [3.8, 4) is 0 Å². The van der Waals surface area contributed by atoms with Crippen LogP contribution in [0.2, 0.25) is 0 Å². The van der Waals surface area contributed by atoms with Gasteiger partial charge >= 0.3 is 11.9 Å². The molecule has 3 aliphatic heterocycles. The average Bonchev–Trinajstić information content (AvgIpc) is 3.63. The molecule has 0 radical (unpaired) electrons. The number of fused-ring (bicyclic) bond motifs is 5. The van der Waals surface area contributed by atoms with E-state index in [1.54, 1.807) is 0 Å². The van der Waals surface area contributed by atoms with E-state index in [2.05, 4.69) is 13.8 Å². The summed E-state index contributed by atoms with van der Waals surface area (Å²) in [6.07, 6.45) is -8.88. The molecule has 0 aromatic rings. The lowest BCUT2D eigenvalue weighted by Gasteiger charge is -2.63. The van der Waals surface area contributed by atoms with Crippen molar-refractivity contribution in [1.82, 2.24) is 0 Å². The predicted molar refractivity (Wildman–Crippen MR) is 178 cm³/mol. The van der Waals surface area contributed by atoms with Crippen LogP contribution in [0, 0.1) is 34.5 Å². The van der Waals surface area contributed by atoms with Gasteiger partial charge in [-0.25, -0.2) is 4.79 Å². The van der Waals surface area contributed by atoms with E-state index in [0.29, 0.717) is 25.7 Å². The fourth-order valence-corrected chi connectivity index (χ4v) is 11.6. The van der Waals surface area contributed by atoms with Gasteiger partial charge in [0.05, 0.1) is 24.9 Å². The van der Waals surface area contributed by atoms with Crippen LogP contribution in [0.5, 0.6) is 0 Å². The van der Waals surface area contributed by atoms with Gasteiger partial charge in [-0.05, 0) is 73.7 Å². The first-order chi connectivity index (χ1) is 25.0. The number of rotatable bonds is 8. The molecule has 6 fully saturated rings. The molecule has 19 atom stereocenters. The minimum Gasteiger partial charge on any atom is -0.462 e. The van der Waals surface area contributed by atoms with Gasteiger partial charge in [-0.3, -0.25) is 4.79 Å². The zero-order valence-corrected chi connectivity index (χ0v) is 30.4. The summed E-state index contributed by atoms with van der Waals surface area (Å²) < 4.78 is 34.3. The Morgan fingerprint density at radius 1 is 0.868 bits per heavy atom. The third kappa shape index (κ3) is 6.57. The Kier molecular flexibility index (Phi) is 10.9. The van der Waals surface area contributed by atoms with Gasteiger partial charge in [0.15, 0.2) is 12.6 Å². The quantitative estimate of drug-likeness (QED) is 0.107. The van der Waals surface area contributed by atoms with Gasteiger partial charge in [-0.1, -0.05) is 13.8 Å². The number of aliphatic hydroxyl groups is 8. The Hall–Kier alpha value is -1.80. The lowest BCUT2D eigenvalue weighted by atomic mass is 9.43. The average molecular weight is 757 g/mol. The van der Waals surface area contributed by atoms with E-state index in [0.717, 1.165) is 31.3 Å². The van der Waals surface area contributed by atoms with Gasteiger partial charge < -0.3 is 69.3 Å². The summed E-state index contributed by atoms with van der Waals surface area (Å²) in [5.74, 6) is -0.821. The van der Waals surface area contributed by atoms with Gasteiger partial charge in [0.2, 0.25) is 0 Å². The van der Waals surface area contributed by atoms with Crippen molar-refractivity contribution < 1.29 is 78.9 Å². The molecule has 8 N–H and O–H groups in total. The highest BCUT2D eigenvalue weighted by atomic mass is 16.7. The monoisotopic (exact) mass is 756 g/mol. The van der Waals surface area contributed by atoms with Crippen LogP contribution in [-0.4, -0.2) is 152 Å². The van der Waals surface area contributed by atoms with E-state index in [1.165, 1.54) is 13.0 Å². The summed E-state index contributed by atoms with van der Waals surface area (Å²) in [7, 11) is 0. The molecule has 16 heteroatoms. The standard InChI is InChI=1S/C37H56O16/c1-16(39)50-22-12-37(47)21-5-4-18-11-19(6-8-35(18,2)20(21)7-9-36(37,3)26(22)17-10-25(40)48-14-17)51-34-32(46)30(44)28(42)24(53-34)15-49-33-31(45)29(43)27(41)23(13-38)52-33/h10,18-24,26-34,38,41-47H,4-9,11-15H2,1-3H3/t18-,19-,20+,21-,22+,23-,24-,26-,27+,28+,29-,30-,31-,32-,33+,34+,35+,36-,37+/m1/s1. The van der Waals surface area contributed by atoms with Gasteiger partial charge in [0, 0.05) is 30.8 Å². The smallest absolute Gasteiger partial charge is 0.331 e. The van der Waals surface area contributed by atoms with Crippen molar-refractivity contribution in [3.63, 3.8) is 0 Å². The number of hydrogen-bond acceptors (Lipinski definition) is 16. The van der Waals surface area contributed by atoms with Crippen LogP contribution in [0.15, 0.2) is 11.6 Å². The molecule has 16 nitrogen and oxygen atoms in total. The number of aliphatic hydroxyl groups excluding tert-OH is 7. The van der Waals surface area contributed by atoms with Crippen molar-refractivity contribution in [2.75, 3.05) is 19.8 Å². The summed E-state index contributed by atoms with van der Waals surface area (Å²) in [6.45, 7) is 4.77. The molecule has 3 heterocycles. The molecule has 0 unspecified atom stereocenters. The Balaban J connectivity index is 1.01. The second-order valence-electron chi connectivity index (χ2n) is 17.1. The molecule has 300 valence electrons. The third-order valence-electron chi connectivity index (χ3n) is 14.5. The summed E-state index contributed by atoms with van der Waals surface area (Å²) in [5.41, 5.74) is -1.12. The van der Waals surface area contributed by atoms with Crippen molar-refractivity contribution in [3.05, 3.63) is 11.6 Å². The number of cyclic esters (lactones) is 1. The van der Waals surface area contributed by atoms with Crippen molar-refractivity contribution in [2.24, 2.45) is 34.5 Å². The van der Waals surface area contributed by atoms with Crippen LogP contribution in [0.1, 0.15) is 72.1 Å². The maximum absolute atomic E-state index is 12.8. The SMILES string of the molecule is CC(=O)O[C@H]1C[C@]2(O)[C@@H]3CC[C@@H]4C[C@H](O[C@H]5O[C@H](CO[C@H]6O[C@H](CO)[C@H](O)[C@@H](O)[C@H]6O)[C@H](O)[C@@H](O)[C@H]5O)CC[C@]4(C)[C@H]3CC[C@]2(C)[C@@H]1C1=CC(=O)OC1. The molecule has 2 saturated heterocycles. The molecule has 0 aromatic heterocycles. The highest BCUT2D eigenvalue weighted by Crippen LogP contribution is 2.70. The largest absolute Gasteiger partial charge is 0.462 e. The van der Waals surface area contributed by atoms with Gasteiger partial charge in [-0.15, -0.1) is 0 Å². The zero-order chi connectivity index (χ0) is 38.2. The zero-order valence-electron chi connectivity index (χ0n) is 30.4. The highest BCUT2D eigenvalue weighted by Gasteiger charge is 2.71. The number of esters is 2. The topological polar surface area (TPSA) is 251 Å². The van der Waals surface area contributed by atoms with Crippen LogP contribution in [0.4, 0.5) is 0 Å². The molecule has 7 rings (SSSR count). The summed E-state index contributed by atoms with van der Waals surface area (Å²) in [5, 5.41) is 85.0. The van der Waals surface area contributed by atoms with Crippen LogP contribution < -0.4 is 0 Å². The molecule has 4 aliphatic carbocycles. The molecule has 4 saturated carbocycles. The summed E-state index contributed by atoms with van der Waals surface area (Å²) in [4.78, 5) is 24.3. The molecule has 7 aliphatic rings. The molecule has 53 heavy (non-hydrogen) atoms. The van der Waals surface area contributed by atoms with Gasteiger partial charge in [0.25, 0.3) is 0 Å². The van der Waals surface area contributed by atoms with E-state index in [1.807, 2.05) is 0 Å². The van der Waals surface area contributed by atoms with Crippen molar-refractivity contribution in [1.29, 1.82) is 0 Å². The fourth-order valence-electron chi connectivity index (χ4n) is 11.6. The number of ether oxygens (including phenoxy) is 6. The fraction of sp³-hybridized carbons (Fsp3) is 0.892. The second kappa shape index (κ2) is 14.6. The second-order valence-corrected chi connectivity index (χ2v) is 17.1. The Labute approximate surface area is 308 Å². The highest BCUT2D eigenvalue weighted by molar-refractivity contribution is 5.85. The Morgan fingerprint density at radius 2 is 1.55 bits per heavy atom.